The number of anilines is 1. The summed E-state index contributed by atoms with van der Waals surface area (Å²) in [5.41, 5.74) is -0.922. The highest BCUT2D eigenvalue weighted by molar-refractivity contribution is 7.88. The van der Waals surface area contributed by atoms with Gasteiger partial charge in [0.25, 0.3) is 0 Å². The molecule has 2 rings (SSSR count). The summed E-state index contributed by atoms with van der Waals surface area (Å²) in [4.78, 5) is 1.79. The molecule has 0 aliphatic carbocycles. The molecule has 0 spiro atoms. The Kier molecular flexibility index (Phi) is 4.87. The highest BCUT2D eigenvalue weighted by Crippen LogP contribution is 2.34. The van der Waals surface area contributed by atoms with E-state index < -0.39 is 27.3 Å². The summed E-state index contributed by atoms with van der Waals surface area (Å²) >= 11 is 0. The lowest BCUT2D eigenvalue weighted by molar-refractivity contribution is -0.137. The van der Waals surface area contributed by atoms with Crippen molar-refractivity contribution in [1.29, 1.82) is 5.26 Å². The van der Waals surface area contributed by atoms with Gasteiger partial charge < -0.3 is 4.90 Å². The second kappa shape index (κ2) is 6.37. The molecule has 1 aliphatic heterocycles. The van der Waals surface area contributed by atoms with Gasteiger partial charge in [0.15, 0.2) is 0 Å². The zero-order valence-corrected chi connectivity index (χ0v) is 13.2. The van der Waals surface area contributed by atoms with Crippen molar-refractivity contribution in [3.05, 3.63) is 29.3 Å². The van der Waals surface area contributed by atoms with E-state index >= 15 is 0 Å². The minimum absolute atomic E-state index is 0.299. The highest BCUT2D eigenvalue weighted by Gasteiger charge is 2.34. The third-order valence-electron chi connectivity index (χ3n) is 3.60. The largest absolute Gasteiger partial charge is 0.417 e. The Hall–Kier alpha value is -1.79. The standard InChI is InChI=1S/C14H16F3N3O2S/c1-23(21,22)19-11-3-2-6-20(9-11)12-4-5-13(14(15,16)17)10(7-12)8-18/h4-5,7,11,19H,2-3,6,9H2,1H3. The first-order chi connectivity index (χ1) is 10.6. The normalized spacial score (nSPS) is 19.4. The topological polar surface area (TPSA) is 73.2 Å². The van der Waals surface area contributed by atoms with Crippen molar-refractivity contribution in [3.8, 4) is 6.07 Å². The number of hydrogen-bond acceptors (Lipinski definition) is 4. The number of nitrogens with zero attached hydrogens (tertiary/aromatic N) is 2. The van der Waals surface area contributed by atoms with Crippen LogP contribution in [0.3, 0.4) is 0 Å². The van der Waals surface area contributed by atoms with Gasteiger partial charge in [0.2, 0.25) is 10.0 Å². The van der Waals surface area contributed by atoms with Gasteiger partial charge >= 0.3 is 6.18 Å². The number of sulfonamides is 1. The van der Waals surface area contributed by atoms with E-state index in [9.17, 15) is 21.6 Å². The molecule has 1 unspecified atom stereocenters. The Balaban J connectivity index is 2.23. The average molecular weight is 347 g/mol. The van der Waals surface area contributed by atoms with E-state index in [4.69, 9.17) is 5.26 Å². The Morgan fingerprint density at radius 2 is 2.09 bits per heavy atom. The molecule has 0 amide bonds. The van der Waals surface area contributed by atoms with Crippen LogP contribution in [0, 0.1) is 11.3 Å². The molecular weight excluding hydrogens is 331 g/mol. The van der Waals surface area contributed by atoms with Crippen molar-refractivity contribution >= 4 is 15.7 Å². The van der Waals surface area contributed by atoms with Gasteiger partial charge in [-0.3, -0.25) is 0 Å². The fourth-order valence-electron chi connectivity index (χ4n) is 2.68. The second-order valence-electron chi connectivity index (χ2n) is 5.51. The summed E-state index contributed by atoms with van der Waals surface area (Å²) in [5.74, 6) is 0. The Labute approximate surface area is 132 Å². The van der Waals surface area contributed by atoms with Gasteiger partial charge in [-0.15, -0.1) is 0 Å². The van der Waals surface area contributed by atoms with Crippen molar-refractivity contribution in [1.82, 2.24) is 4.72 Å². The summed E-state index contributed by atoms with van der Waals surface area (Å²) in [6.07, 6.45) is -2.14. The van der Waals surface area contributed by atoms with Crippen molar-refractivity contribution < 1.29 is 21.6 Å². The van der Waals surface area contributed by atoms with Gasteiger partial charge in [-0.1, -0.05) is 0 Å². The minimum atomic E-state index is -4.58. The molecule has 126 valence electrons. The van der Waals surface area contributed by atoms with E-state index in [1.807, 2.05) is 0 Å². The van der Waals surface area contributed by atoms with Gasteiger partial charge in [-0.05, 0) is 31.0 Å². The molecule has 1 aromatic rings. The first kappa shape index (κ1) is 17.6. The number of piperidine rings is 1. The van der Waals surface area contributed by atoms with Gasteiger partial charge in [-0.2, -0.15) is 18.4 Å². The van der Waals surface area contributed by atoms with E-state index in [1.165, 1.54) is 12.1 Å². The van der Waals surface area contributed by atoms with Crippen LogP contribution in [0.25, 0.3) is 0 Å². The number of nitrogens with one attached hydrogen (secondary N) is 1. The smallest absolute Gasteiger partial charge is 0.370 e. The number of nitriles is 1. The zero-order chi connectivity index (χ0) is 17.3. The number of hydrogen-bond donors (Lipinski definition) is 1. The van der Waals surface area contributed by atoms with Crippen LogP contribution < -0.4 is 9.62 Å². The predicted octanol–water partition coefficient (Wildman–Crippen LogP) is 2.10. The van der Waals surface area contributed by atoms with Crippen LogP contribution in [0.2, 0.25) is 0 Å². The van der Waals surface area contributed by atoms with E-state index in [0.717, 1.165) is 12.3 Å². The minimum Gasteiger partial charge on any atom is -0.370 e. The second-order valence-corrected chi connectivity index (χ2v) is 7.29. The lowest BCUT2D eigenvalue weighted by atomic mass is 10.0. The van der Waals surface area contributed by atoms with Crippen molar-refractivity contribution in [3.63, 3.8) is 0 Å². The Morgan fingerprint density at radius 3 is 2.65 bits per heavy atom. The van der Waals surface area contributed by atoms with Gasteiger partial charge in [0.1, 0.15) is 0 Å². The molecule has 1 saturated heterocycles. The average Bonchev–Trinajstić information content (AvgIpc) is 2.44. The molecule has 0 radical (unpaired) electrons. The van der Waals surface area contributed by atoms with Gasteiger partial charge in [-0.25, -0.2) is 13.1 Å². The number of rotatable bonds is 3. The van der Waals surface area contributed by atoms with Crippen molar-refractivity contribution in [2.75, 3.05) is 24.2 Å². The summed E-state index contributed by atoms with van der Waals surface area (Å²) in [7, 11) is -3.35. The molecule has 1 aromatic carbocycles. The molecule has 1 atom stereocenters. The summed E-state index contributed by atoms with van der Waals surface area (Å²) in [6, 6.07) is 4.68. The maximum Gasteiger partial charge on any atom is 0.417 e. The highest BCUT2D eigenvalue weighted by atomic mass is 32.2. The molecule has 1 heterocycles. The fourth-order valence-corrected chi connectivity index (χ4v) is 3.48. The van der Waals surface area contributed by atoms with Crippen molar-refractivity contribution in [2.45, 2.75) is 25.1 Å². The summed E-state index contributed by atoms with van der Waals surface area (Å²) in [5, 5.41) is 8.95. The summed E-state index contributed by atoms with van der Waals surface area (Å²) < 4.78 is 63.6. The molecule has 0 bridgehead atoms. The third kappa shape index (κ3) is 4.59. The van der Waals surface area contributed by atoms with Crippen LogP contribution in [0.5, 0.6) is 0 Å². The lowest BCUT2D eigenvalue weighted by Gasteiger charge is -2.34. The predicted molar refractivity (Wildman–Crippen MR) is 79.4 cm³/mol. The van der Waals surface area contributed by atoms with Crippen LogP contribution in [0.4, 0.5) is 18.9 Å². The quantitative estimate of drug-likeness (QED) is 0.909. The Bertz CT molecular complexity index is 726. The maximum absolute atomic E-state index is 12.8. The summed E-state index contributed by atoms with van der Waals surface area (Å²) in [6.45, 7) is 0.946. The van der Waals surface area contributed by atoms with E-state index in [0.29, 0.717) is 31.6 Å². The molecule has 0 saturated carbocycles. The molecule has 23 heavy (non-hydrogen) atoms. The zero-order valence-electron chi connectivity index (χ0n) is 12.4. The molecule has 0 aromatic heterocycles. The lowest BCUT2D eigenvalue weighted by Crippen LogP contribution is -2.47. The van der Waals surface area contributed by atoms with E-state index in [1.54, 1.807) is 11.0 Å². The van der Waals surface area contributed by atoms with Crippen LogP contribution in [-0.4, -0.2) is 33.8 Å². The molecule has 9 heteroatoms. The molecule has 1 fully saturated rings. The van der Waals surface area contributed by atoms with Crippen LogP contribution in [0.15, 0.2) is 18.2 Å². The first-order valence-corrected chi connectivity index (χ1v) is 8.83. The van der Waals surface area contributed by atoms with Crippen LogP contribution >= 0.6 is 0 Å². The first-order valence-electron chi connectivity index (χ1n) is 6.94. The van der Waals surface area contributed by atoms with E-state index in [2.05, 4.69) is 4.72 Å². The van der Waals surface area contributed by atoms with Gasteiger partial charge in [0, 0.05) is 24.8 Å². The van der Waals surface area contributed by atoms with E-state index in [-0.39, 0.29) is 6.04 Å². The maximum atomic E-state index is 12.8. The fraction of sp³-hybridized carbons (Fsp3) is 0.500. The molecule has 1 aliphatic rings. The number of halogens is 3. The van der Waals surface area contributed by atoms with Crippen molar-refractivity contribution in [2.24, 2.45) is 0 Å². The SMILES string of the molecule is CS(=O)(=O)NC1CCCN(c2ccc(C(F)(F)F)c(C#N)c2)C1. The molecule has 1 N–H and O–H groups in total. The number of benzene rings is 1. The monoisotopic (exact) mass is 347 g/mol. The molecule has 5 nitrogen and oxygen atoms in total. The third-order valence-corrected chi connectivity index (χ3v) is 4.36. The van der Waals surface area contributed by atoms with Crippen LogP contribution in [0.1, 0.15) is 24.0 Å². The molecular formula is C14H16F3N3O2S. The van der Waals surface area contributed by atoms with Crippen LogP contribution in [-0.2, 0) is 16.2 Å². The van der Waals surface area contributed by atoms with Gasteiger partial charge in [0.05, 0.1) is 23.5 Å². The number of alkyl halides is 3. The Morgan fingerprint density at radius 1 is 1.39 bits per heavy atom.